The van der Waals surface area contributed by atoms with Crippen LogP contribution in [0.15, 0.2) is 70.0 Å². The zero-order valence-electron chi connectivity index (χ0n) is 33.4. The Kier molecular flexibility index (Phi) is 15.4. The number of carbonyl (C=O) groups is 4. The number of fused-ring (bicyclic) bond motifs is 2. The molecule has 3 aromatic rings. The first-order chi connectivity index (χ1) is 27.5. The van der Waals surface area contributed by atoms with E-state index in [1.165, 1.54) is 95.9 Å². The number of methoxy groups -OCH3 is 1. The highest BCUT2D eigenvalue weighted by molar-refractivity contribution is 7.90. The molecule has 0 bridgehead atoms. The molecule has 0 radical (unpaired) electrons. The number of sulfonamides is 1. The average Bonchev–Trinajstić information content (AvgIpc) is 3.43. The number of benzene rings is 3. The van der Waals surface area contributed by atoms with Crippen molar-refractivity contribution in [1.82, 2.24) is 4.90 Å². The Balaban J connectivity index is 1.34. The van der Waals surface area contributed by atoms with Crippen LogP contribution in [0.4, 0.5) is 11.4 Å². The third kappa shape index (κ3) is 10.7. The zero-order valence-corrected chi connectivity index (χ0v) is 34.2. The molecule has 2 aliphatic rings. The molecule has 306 valence electrons. The lowest BCUT2D eigenvalue weighted by atomic mass is 10.0. The summed E-state index contributed by atoms with van der Waals surface area (Å²) in [4.78, 5) is 56.8. The first-order valence-electron chi connectivity index (χ1n) is 20.4. The van der Waals surface area contributed by atoms with Crippen molar-refractivity contribution in [2.75, 3.05) is 23.9 Å². The standard InChI is InChI=1S/C44H56N4O8S/c1-4-5-6-7-8-9-10-11-12-13-14-15-16-17-18-21-28-47-36-22-19-20-23-38(36)57(54,55)46-40(47)39(41(49)45-35-29-31(2)24-27-37(35)56-3)48-42(50)33-26-25-32(44(52)53)30-34(33)43(48)51/h19-20,22-27,29-30,39H,4-18,21,28H2,1-3H3,(H,45,49)(H,52,53). The molecule has 2 heterocycles. The number of carboxylic acid groups (broad SMARTS) is 1. The van der Waals surface area contributed by atoms with Crippen molar-refractivity contribution in [3.8, 4) is 5.75 Å². The summed E-state index contributed by atoms with van der Waals surface area (Å²) < 4.78 is 37.2. The van der Waals surface area contributed by atoms with Gasteiger partial charge in [-0.1, -0.05) is 121 Å². The molecule has 0 fully saturated rings. The van der Waals surface area contributed by atoms with Gasteiger partial charge < -0.3 is 20.1 Å². The van der Waals surface area contributed by atoms with E-state index in [9.17, 15) is 32.7 Å². The normalized spacial score (nSPS) is 14.9. The summed E-state index contributed by atoms with van der Waals surface area (Å²) in [6.45, 7) is 4.31. The highest BCUT2D eigenvalue weighted by Crippen LogP contribution is 2.36. The van der Waals surface area contributed by atoms with Gasteiger partial charge in [-0.15, -0.1) is 4.40 Å². The molecule has 0 aromatic heterocycles. The highest BCUT2D eigenvalue weighted by Gasteiger charge is 2.49. The Morgan fingerprint density at radius 2 is 1.35 bits per heavy atom. The van der Waals surface area contributed by atoms with Crippen LogP contribution >= 0.6 is 0 Å². The fraction of sp³-hybridized carbons (Fsp3) is 0.477. The van der Waals surface area contributed by atoms with Crippen LogP contribution in [0.3, 0.4) is 0 Å². The number of hydrogen-bond donors (Lipinski definition) is 2. The van der Waals surface area contributed by atoms with Crippen molar-refractivity contribution >= 4 is 50.9 Å². The van der Waals surface area contributed by atoms with E-state index in [1.807, 2.05) is 6.92 Å². The van der Waals surface area contributed by atoms with Crippen molar-refractivity contribution < 1.29 is 37.4 Å². The van der Waals surface area contributed by atoms with Gasteiger partial charge in [-0.05, 0) is 61.4 Å². The minimum absolute atomic E-state index is 0.0572. The molecule has 1 unspecified atom stereocenters. The highest BCUT2D eigenvalue weighted by atomic mass is 32.2. The zero-order chi connectivity index (χ0) is 41.0. The Bertz CT molecular complexity index is 2060. The second-order valence-electron chi connectivity index (χ2n) is 15.0. The fourth-order valence-electron chi connectivity index (χ4n) is 7.59. The first kappa shape index (κ1) is 43.1. The lowest BCUT2D eigenvalue weighted by Gasteiger charge is -2.36. The third-order valence-corrected chi connectivity index (χ3v) is 12.0. The number of anilines is 2. The van der Waals surface area contributed by atoms with Gasteiger partial charge in [0.25, 0.3) is 27.7 Å². The molecular weight excluding hydrogens is 745 g/mol. The molecule has 13 heteroatoms. The Morgan fingerprint density at radius 1 is 0.772 bits per heavy atom. The van der Waals surface area contributed by atoms with Gasteiger partial charge in [0.05, 0.1) is 35.2 Å². The molecule has 0 spiro atoms. The number of carbonyl (C=O) groups excluding carboxylic acids is 3. The molecule has 2 aliphatic heterocycles. The number of amides is 3. The minimum Gasteiger partial charge on any atom is -0.495 e. The number of imide groups is 1. The van der Waals surface area contributed by atoms with Gasteiger partial charge in [0.15, 0.2) is 11.9 Å². The van der Waals surface area contributed by atoms with Crippen molar-refractivity contribution in [3.63, 3.8) is 0 Å². The van der Waals surface area contributed by atoms with E-state index >= 15 is 0 Å². The number of hydrogen-bond acceptors (Lipinski definition) is 8. The van der Waals surface area contributed by atoms with Crippen LogP contribution in [0.25, 0.3) is 0 Å². The lowest BCUT2D eigenvalue weighted by Crippen LogP contribution is -2.58. The SMILES string of the molecule is CCCCCCCCCCCCCCCCCCN1C(C(C(=O)Nc2cc(C)ccc2OC)N2C(=O)c3ccc(C(=O)O)cc3C2=O)=NS(=O)(=O)c2ccccc21. The van der Waals surface area contributed by atoms with E-state index in [0.717, 1.165) is 37.3 Å². The van der Waals surface area contributed by atoms with Gasteiger partial charge in [0, 0.05) is 6.54 Å². The van der Waals surface area contributed by atoms with E-state index in [-0.39, 0.29) is 45.3 Å². The van der Waals surface area contributed by atoms with Gasteiger partial charge in [-0.25, -0.2) is 4.79 Å². The van der Waals surface area contributed by atoms with Crippen molar-refractivity contribution in [2.45, 2.75) is 128 Å². The maximum Gasteiger partial charge on any atom is 0.335 e. The van der Waals surface area contributed by atoms with Crippen molar-refractivity contribution in [2.24, 2.45) is 4.40 Å². The van der Waals surface area contributed by atoms with Crippen molar-refractivity contribution in [3.05, 3.63) is 82.9 Å². The molecule has 2 N–H and O–H groups in total. The Morgan fingerprint density at radius 3 is 1.95 bits per heavy atom. The summed E-state index contributed by atoms with van der Waals surface area (Å²) in [6.07, 6.45) is 19.0. The maximum absolute atomic E-state index is 14.6. The van der Waals surface area contributed by atoms with Crippen LogP contribution in [-0.2, 0) is 14.8 Å². The molecule has 0 saturated heterocycles. The quantitative estimate of drug-likeness (QED) is 0.0703. The summed E-state index contributed by atoms with van der Waals surface area (Å²) in [6, 6.07) is 13.1. The minimum atomic E-state index is -4.39. The lowest BCUT2D eigenvalue weighted by molar-refractivity contribution is -0.118. The van der Waals surface area contributed by atoms with E-state index in [0.29, 0.717) is 17.1 Å². The maximum atomic E-state index is 14.6. The number of unbranched alkanes of at least 4 members (excludes halogenated alkanes) is 15. The topological polar surface area (TPSA) is 163 Å². The Labute approximate surface area is 336 Å². The predicted octanol–water partition coefficient (Wildman–Crippen LogP) is 9.17. The van der Waals surface area contributed by atoms with Crippen LogP contribution in [0.1, 0.15) is 146 Å². The molecule has 57 heavy (non-hydrogen) atoms. The summed E-state index contributed by atoms with van der Waals surface area (Å²) >= 11 is 0. The molecule has 1 atom stereocenters. The summed E-state index contributed by atoms with van der Waals surface area (Å²) in [7, 11) is -2.96. The number of rotatable bonds is 23. The van der Waals surface area contributed by atoms with Crippen LogP contribution in [-0.4, -0.2) is 67.6 Å². The molecule has 0 aliphatic carbocycles. The summed E-state index contributed by atoms with van der Waals surface area (Å²) in [5.74, 6) is -4.05. The van der Waals surface area contributed by atoms with Gasteiger partial charge in [0.2, 0.25) is 0 Å². The first-order valence-corrected chi connectivity index (χ1v) is 21.8. The largest absolute Gasteiger partial charge is 0.495 e. The molecule has 12 nitrogen and oxygen atoms in total. The van der Waals surface area contributed by atoms with Gasteiger partial charge in [-0.2, -0.15) is 8.42 Å². The monoisotopic (exact) mass is 800 g/mol. The number of aryl methyl sites for hydroxylation is 1. The van der Waals surface area contributed by atoms with E-state index in [1.54, 1.807) is 41.3 Å². The third-order valence-electron chi connectivity index (χ3n) is 10.7. The van der Waals surface area contributed by atoms with Gasteiger partial charge >= 0.3 is 5.97 Å². The number of ether oxygens (including phenoxy) is 1. The van der Waals surface area contributed by atoms with Crippen LogP contribution in [0.5, 0.6) is 5.75 Å². The predicted molar refractivity (Wildman–Crippen MR) is 222 cm³/mol. The Hall–Kier alpha value is -5.04. The number of aromatic carboxylic acids is 1. The molecule has 3 amide bonds. The smallest absolute Gasteiger partial charge is 0.335 e. The number of nitrogens with one attached hydrogen (secondary N) is 1. The second-order valence-corrected chi connectivity index (χ2v) is 16.6. The van der Waals surface area contributed by atoms with Crippen LogP contribution < -0.4 is 15.0 Å². The molecule has 3 aromatic carbocycles. The van der Waals surface area contributed by atoms with E-state index in [2.05, 4.69) is 16.6 Å². The summed E-state index contributed by atoms with van der Waals surface area (Å²) in [5, 5.41) is 12.4. The fourth-order valence-corrected chi connectivity index (χ4v) is 8.83. The number of para-hydroxylation sites is 1. The summed E-state index contributed by atoms with van der Waals surface area (Å²) in [5.41, 5.74) is 0.746. The number of carboxylic acids is 1. The van der Waals surface area contributed by atoms with E-state index < -0.39 is 39.8 Å². The van der Waals surface area contributed by atoms with Gasteiger partial charge in [0.1, 0.15) is 10.6 Å². The van der Waals surface area contributed by atoms with Crippen LogP contribution in [0.2, 0.25) is 0 Å². The molecular formula is C44H56N4O8S. The average molecular weight is 801 g/mol. The number of nitrogens with zero attached hydrogens (tertiary/aromatic N) is 3. The second kappa shape index (κ2) is 20.4. The number of amidine groups is 1. The van der Waals surface area contributed by atoms with Gasteiger partial charge in [-0.3, -0.25) is 19.3 Å². The molecule has 5 rings (SSSR count). The van der Waals surface area contributed by atoms with E-state index in [4.69, 9.17) is 4.74 Å². The van der Waals surface area contributed by atoms with Crippen LogP contribution in [0, 0.1) is 6.92 Å². The van der Waals surface area contributed by atoms with Crippen molar-refractivity contribution in [1.29, 1.82) is 0 Å². The molecule has 0 saturated carbocycles.